The minimum atomic E-state index is 0.141. The van der Waals surface area contributed by atoms with Crippen LogP contribution in [0.1, 0.15) is 31.9 Å². The summed E-state index contributed by atoms with van der Waals surface area (Å²) in [4.78, 5) is 1.35. The molecule has 4 aromatic heterocycles. The van der Waals surface area contributed by atoms with E-state index in [0.717, 1.165) is 0 Å². The third kappa shape index (κ3) is 2.53. The van der Waals surface area contributed by atoms with Gasteiger partial charge in [-0.3, -0.25) is 4.40 Å². The number of benzene rings is 3. The van der Waals surface area contributed by atoms with Crippen molar-refractivity contribution in [1.82, 2.24) is 4.40 Å². The predicted octanol–water partition coefficient (Wildman–Crippen LogP) is 8.15. The zero-order chi connectivity index (χ0) is 23.4. The van der Waals surface area contributed by atoms with Crippen molar-refractivity contribution in [3.05, 3.63) is 84.1 Å². The van der Waals surface area contributed by atoms with Gasteiger partial charge in [0.05, 0.1) is 16.6 Å². The van der Waals surface area contributed by atoms with Crippen molar-refractivity contribution in [2.45, 2.75) is 33.1 Å². The number of nitrogens with zero attached hydrogens (tertiary/aromatic N) is 2. The topological polar surface area (TPSA) is 8.29 Å². The maximum Gasteiger partial charge on any atom is 0.212 e. The molecule has 2 nitrogen and oxygen atoms in total. The summed E-state index contributed by atoms with van der Waals surface area (Å²) in [7, 11) is 2.17. The highest BCUT2D eigenvalue weighted by Crippen LogP contribution is 2.46. The highest BCUT2D eigenvalue weighted by molar-refractivity contribution is 7.25. The summed E-state index contributed by atoms with van der Waals surface area (Å²) < 4.78 is 6.13. The molecule has 0 radical (unpaired) electrons. The van der Waals surface area contributed by atoms with E-state index < -0.39 is 0 Å². The van der Waals surface area contributed by atoms with Crippen molar-refractivity contribution < 1.29 is 4.57 Å². The molecule has 0 N–H and O–H groups in total. The maximum atomic E-state index is 2.49. The first-order chi connectivity index (χ1) is 16.3. The molecule has 0 aliphatic heterocycles. The van der Waals surface area contributed by atoms with Crippen LogP contribution in [0.2, 0.25) is 0 Å². The Hall–Kier alpha value is -3.43. The van der Waals surface area contributed by atoms with E-state index in [2.05, 4.69) is 117 Å². The molecule has 7 aromatic rings. The standard InChI is InChI=1S/C31H27N2S/c1-18-15-24-27(16-23(18)25-14-13-19(17-32(25)5)31(2,3)4)34-30-28(24)22-11-8-10-21-20-9-6-7-12-26(20)33(30)29(21)22/h6-17H,1-5H3/q+1. The Morgan fingerprint density at radius 2 is 1.59 bits per heavy atom. The SMILES string of the molecule is Cc1cc2c(cc1-c1ccc(C(C)(C)C)c[n+]1C)sc1c2c2cccc3c4ccccc4n1c32. The number of rotatable bonds is 1. The third-order valence-corrected chi connectivity index (χ3v) is 8.60. The first-order valence-corrected chi connectivity index (χ1v) is 12.8. The highest BCUT2D eigenvalue weighted by atomic mass is 32.1. The van der Waals surface area contributed by atoms with Gasteiger partial charge in [0.15, 0.2) is 6.20 Å². The quantitative estimate of drug-likeness (QED) is 0.219. The van der Waals surface area contributed by atoms with Crippen LogP contribution in [0.4, 0.5) is 0 Å². The zero-order valence-electron chi connectivity index (χ0n) is 20.2. The molecular weight excluding hydrogens is 432 g/mol. The van der Waals surface area contributed by atoms with Gasteiger partial charge in [-0.25, -0.2) is 4.57 Å². The third-order valence-electron chi connectivity index (χ3n) is 7.46. The molecule has 0 spiro atoms. The van der Waals surface area contributed by atoms with Crippen molar-refractivity contribution in [3.63, 3.8) is 0 Å². The lowest BCUT2D eigenvalue weighted by Gasteiger charge is -2.17. The second kappa shape index (κ2) is 6.58. The van der Waals surface area contributed by atoms with Crippen LogP contribution in [0.5, 0.6) is 0 Å². The van der Waals surface area contributed by atoms with Gasteiger partial charge in [0.1, 0.15) is 11.9 Å². The summed E-state index contributed by atoms with van der Waals surface area (Å²) >= 11 is 1.92. The second-order valence-corrected chi connectivity index (χ2v) is 11.7. The Labute approximate surface area is 203 Å². The van der Waals surface area contributed by atoms with E-state index in [0.29, 0.717) is 0 Å². The van der Waals surface area contributed by atoms with Crippen LogP contribution >= 0.6 is 11.3 Å². The van der Waals surface area contributed by atoms with Gasteiger partial charge in [-0.1, -0.05) is 57.2 Å². The molecular formula is C31H27N2S+. The molecule has 0 aliphatic rings. The van der Waals surface area contributed by atoms with Gasteiger partial charge in [0.25, 0.3) is 0 Å². The first-order valence-electron chi connectivity index (χ1n) is 11.9. The molecule has 0 saturated heterocycles. The van der Waals surface area contributed by atoms with E-state index in [1.165, 1.54) is 69.9 Å². The minimum Gasteiger partial charge on any atom is -0.299 e. The number of fused-ring (bicyclic) bond motifs is 8. The van der Waals surface area contributed by atoms with Crippen LogP contribution in [0.25, 0.3) is 58.8 Å². The Bertz CT molecular complexity index is 1910. The Kier molecular flexibility index (Phi) is 3.87. The van der Waals surface area contributed by atoms with Crippen molar-refractivity contribution >= 4 is 58.8 Å². The Balaban J connectivity index is 1.54. The van der Waals surface area contributed by atoms with Crippen molar-refractivity contribution in [1.29, 1.82) is 0 Å². The van der Waals surface area contributed by atoms with E-state index in [1.807, 2.05) is 11.3 Å². The number of aryl methyl sites for hydroxylation is 2. The van der Waals surface area contributed by atoms with Gasteiger partial charge in [-0.15, -0.1) is 11.3 Å². The average molecular weight is 460 g/mol. The van der Waals surface area contributed by atoms with Gasteiger partial charge in [0.2, 0.25) is 5.69 Å². The maximum absolute atomic E-state index is 2.49. The summed E-state index contributed by atoms with van der Waals surface area (Å²) in [6, 6.07) is 25.0. The van der Waals surface area contributed by atoms with Crippen LogP contribution in [0, 0.1) is 6.92 Å². The summed E-state index contributed by atoms with van der Waals surface area (Å²) in [6.45, 7) is 9.06. The average Bonchev–Trinajstić information content (AvgIpc) is 3.43. The lowest BCUT2D eigenvalue weighted by atomic mass is 9.88. The van der Waals surface area contributed by atoms with Crippen LogP contribution < -0.4 is 4.57 Å². The monoisotopic (exact) mass is 459 g/mol. The zero-order valence-corrected chi connectivity index (χ0v) is 21.0. The fourth-order valence-electron chi connectivity index (χ4n) is 5.69. The molecule has 0 bridgehead atoms. The lowest BCUT2D eigenvalue weighted by molar-refractivity contribution is -0.661. The molecule has 4 heterocycles. The molecule has 0 atom stereocenters. The molecule has 0 amide bonds. The number of thiophene rings is 1. The molecule has 3 heteroatoms. The molecule has 0 fully saturated rings. The predicted molar refractivity (Wildman–Crippen MR) is 147 cm³/mol. The molecule has 34 heavy (non-hydrogen) atoms. The molecule has 166 valence electrons. The van der Waals surface area contributed by atoms with Crippen LogP contribution in [0.15, 0.2) is 72.9 Å². The number of para-hydroxylation sites is 2. The summed E-state index contributed by atoms with van der Waals surface area (Å²) in [5.41, 5.74) is 8.05. The van der Waals surface area contributed by atoms with Crippen molar-refractivity contribution in [3.8, 4) is 11.3 Å². The first kappa shape index (κ1) is 20.0. The highest BCUT2D eigenvalue weighted by Gasteiger charge is 2.23. The smallest absolute Gasteiger partial charge is 0.212 e. The van der Waals surface area contributed by atoms with Gasteiger partial charge >= 0.3 is 0 Å². The summed E-state index contributed by atoms with van der Waals surface area (Å²) in [6.07, 6.45) is 2.28. The van der Waals surface area contributed by atoms with Gasteiger partial charge in [-0.05, 0) is 42.2 Å². The molecule has 0 saturated carbocycles. The fraction of sp³-hybridized carbons (Fsp3) is 0.194. The molecule has 0 aliphatic carbocycles. The largest absolute Gasteiger partial charge is 0.299 e. The fourth-order valence-corrected chi connectivity index (χ4v) is 6.95. The van der Waals surface area contributed by atoms with E-state index in [1.54, 1.807) is 0 Å². The van der Waals surface area contributed by atoms with Crippen molar-refractivity contribution in [2.75, 3.05) is 0 Å². The molecule has 3 aromatic carbocycles. The molecule has 0 unspecified atom stereocenters. The van der Waals surface area contributed by atoms with E-state index in [4.69, 9.17) is 0 Å². The normalized spacial score (nSPS) is 12.9. The number of pyridine rings is 1. The lowest BCUT2D eigenvalue weighted by Crippen LogP contribution is -2.33. The van der Waals surface area contributed by atoms with Crippen LogP contribution in [-0.2, 0) is 12.5 Å². The number of hydrogen-bond donors (Lipinski definition) is 0. The van der Waals surface area contributed by atoms with E-state index >= 15 is 0 Å². The molecule has 7 rings (SSSR count). The number of hydrogen-bond acceptors (Lipinski definition) is 1. The Morgan fingerprint density at radius 3 is 2.38 bits per heavy atom. The van der Waals surface area contributed by atoms with Crippen molar-refractivity contribution in [2.24, 2.45) is 7.05 Å². The minimum absolute atomic E-state index is 0.141. The summed E-state index contributed by atoms with van der Waals surface area (Å²) in [5.74, 6) is 0. The Morgan fingerprint density at radius 1 is 0.824 bits per heavy atom. The van der Waals surface area contributed by atoms with Crippen LogP contribution in [0.3, 0.4) is 0 Å². The van der Waals surface area contributed by atoms with Gasteiger partial charge in [-0.2, -0.15) is 0 Å². The van der Waals surface area contributed by atoms with Gasteiger partial charge < -0.3 is 0 Å². The summed E-state index contributed by atoms with van der Waals surface area (Å²) in [5, 5.41) is 6.82. The van der Waals surface area contributed by atoms with E-state index in [-0.39, 0.29) is 5.41 Å². The van der Waals surface area contributed by atoms with Gasteiger partial charge in [0, 0.05) is 43.3 Å². The van der Waals surface area contributed by atoms with Crippen LogP contribution in [-0.4, -0.2) is 4.40 Å². The second-order valence-electron chi connectivity index (χ2n) is 10.7. The number of aromatic nitrogens is 2. The van der Waals surface area contributed by atoms with E-state index in [9.17, 15) is 0 Å².